The molecule has 5 heteroatoms. The highest BCUT2D eigenvalue weighted by atomic mass is 32.1. The van der Waals surface area contributed by atoms with E-state index in [-0.39, 0.29) is 5.91 Å². The van der Waals surface area contributed by atoms with Gasteiger partial charge in [-0.05, 0) is 25.8 Å². The van der Waals surface area contributed by atoms with Crippen LogP contribution in [0.1, 0.15) is 53.4 Å². The van der Waals surface area contributed by atoms with Crippen molar-refractivity contribution in [2.45, 2.75) is 47.0 Å². The van der Waals surface area contributed by atoms with Gasteiger partial charge >= 0.3 is 0 Å². The number of unbranched alkanes of at least 4 members (excludes halogenated alkanes) is 1. The maximum atomic E-state index is 12.2. The molecule has 2 aromatic heterocycles. The second-order valence-corrected chi connectivity index (χ2v) is 5.92. The van der Waals surface area contributed by atoms with Gasteiger partial charge in [-0.25, -0.2) is 9.97 Å². The molecule has 2 aromatic rings. The highest BCUT2D eigenvalue weighted by molar-refractivity contribution is 7.20. The maximum Gasteiger partial charge on any atom is 0.261 e. The van der Waals surface area contributed by atoms with Crippen LogP contribution in [0.3, 0.4) is 0 Å². The third-order valence-corrected chi connectivity index (χ3v) is 4.54. The van der Waals surface area contributed by atoms with Crippen molar-refractivity contribution in [2.24, 2.45) is 0 Å². The van der Waals surface area contributed by atoms with Gasteiger partial charge in [0, 0.05) is 24.0 Å². The van der Waals surface area contributed by atoms with Crippen molar-refractivity contribution in [3.8, 4) is 0 Å². The van der Waals surface area contributed by atoms with Gasteiger partial charge in [0.1, 0.15) is 10.7 Å². The Labute approximate surface area is 123 Å². The lowest BCUT2D eigenvalue weighted by molar-refractivity contribution is 0.0957. The molecule has 0 aliphatic heterocycles. The third-order valence-electron chi connectivity index (χ3n) is 3.36. The van der Waals surface area contributed by atoms with Crippen LogP contribution in [0.5, 0.6) is 0 Å². The summed E-state index contributed by atoms with van der Waals surface area (Å²) < 4.78 is 0. The summed E-state index contributed by atoms with van der Waals surface area (Å²) in [4.78, 5) is 23.0. The number of thiophene rings is 1. The number of hydrogen-bond acceptors (Lipinski definition) is 4. The van der Waals surface area contributed by atoms with Crippen LogP contribution in [-0.4, -0.2) is 22.4 Å². The van der Waals surface area contributed by atoms with Gasteiger partial charge in [-0.1, -0.05) is 20.3 Å². The molecule has 4 nitrogen and oxygen atoms in total. The largest absolute Gasteiger partial charge is 0.351 e. The standard InChI is InChI=1S/C15H21N3OS/c1-5-7-8-16-14(19)13-9(3)12-10(4)17-11(6-2)18-15(12)20-13/h5-8H2,1-4H3,(H,16,19). The molecule has 1 N–H and O–H groups in total. The number of carbonyl (C=O) groups is 1. The van der Waals surface area contributed by atoms with Gasteiger partial charge in [0.25, 0.3) is 5.91 Å². The fourth-order valence-corrected chi connectivity index (χ4v) is 3.40. The van der Waals surface area contributed by atoms with Crippen molar-refractivity contribution in [1.29, 1.82) is 0 Å². The zero-order valence-corrected chi connectivity index (χ0v) is 13.4. The van der Waals surface area contributed by atoms with Crippen LogP contribution in [0.4, 0.5) is 0 Å². The van der Waals surface area contributed by atoms with Crippen LogP contribution in [-0.2, 0) is 6.42 Å². The van der Waals surface area contributed by atoms with Crippen LogP contribution in [0.2, 0.25) is 0 Å². The lowest BCUT2D eigenvalue weighted by atomic mass is 10.1. The molecule has 0 saturated heterocycles. The molecular formula is C15H21N3OS. The van der Waals surface area contributed by atoms with E-state index >= 15 is 0 Å². The smallest absolute Gasteiger partial charge is 0.261 e. The number of aryl methyl sites for hydroxylation is 3. The molecule has 0 aliphatic carbocycles. The molecule has 1 amide bonds. The number of amides is 1. The van der Waals surface area contributed by atoms with E-state index in [0.717, 1.165) is 58.0 Å². The van der Waals surface area contributed by atoms with Crippen LogP contribution in [0.15, 0.2) is 0 Å². The first-order chi connectivity index (χ1) is 9.58. The fourth-order valence-electron chi connectivity index (χ4n) is 2.23. The van der Waals surface area contributed by atoms with Crippen molar-refractivity contribution >= 4 is 27.5 Å². The zero-order valence-electron chi connectivity index (χ0n) is 12.5. The number of nitrogens with zero attached hydrogens (tertiary/aromatic N) is 2. The first kappa shape index (κ1) is 14.9. The molecule has 2 heterocycles. The lowest BCUT2D eigenvalue weighted by Gasteiger charge is -2.03. The Hall–Kier alpha value is -1.49. The van der Waals surface area contributed by atoms with Gasteiger partial charge in [-0.15, -0.1) is 11.3 Å². The maximum absolute atomic E-state index is 12.2. The third kappa shape index (κ3) is 2.82. The molecule has 20 heavy (non-hydrogen) atoms. The Morgan fingerprint density at radius 1 is 1.25 bits per heavy atom. The van der Waals surface area contributed by atoms with Crippen LogP contribution in [0.25, 0.3) is 10.2 Å². The van der Waals surface area contributed by atoms with Gasteiger partial charge < -0.3 is 5.32 Å². The second kappa shape index (κ2) is 6.31. The Bertz CT molecular complexity index is 634. The Morgan fingerprint density at radius 3 is 2.65 bits per heavy atom. The molecular weight excluding hydrogens is 270 g/mol. The number of carbonyl (C=O) groups excluding carboxylic acids is 1. The van der Waals surface area contributed by atoms with E-state index in [1.807, 2.05) is 20.8 Å². The highest BCUT2D eigenvalue weighted by Crippen LogP contribution is 2.31. The van der Waals surface area contributed by atoms with Crippen molar-refractivity contribution in [3.63, 3.8) is 0 Å². The van der Waals surface area contributed by atoms with E-state index in [0.29, 0.717) is 0 Å². The van der Waals surface area contributed by atoms with Crippen molar-refractivity contribution in [1.82, 2.24) is 15.3 Å². The number of nitrogens with one attached hydrogen (secondary N) is 1. The Kier molecular flexibility index (Phi) is 4.70. The molecule has 0 spiro atoms. The van der Waals surface area contributed by atoms with E-state index in [9.17, 15) is 4.79 Å². The molecule has 0 unspecified atom stereocenters. The topological polar surface area (TPSA) is 54.9 Å². The number of rotatable bonds is 5. The van der Waals surface area contributed by atoms with Crippen LogP contribution >= 0.6 is 11.3 Å². The quantitative estimate of drug-likeness (QED) is 0.859. The van der Waals surface area contributed by atoms with E-state index in [1.165, 1.54) is 11.3 Å². The summed E-state index contributed by atoms with van der Waals surface area (Å²) in [5, 5.41) is 4.01. The monoisotopic (exact) mass is 291 g/mol. The number of aromatic nitrogens is 2. The van der Waals surface area contributed by atoms with Crippen molar-refractivity contribution in [3.05, 3.63) is 22.0 Å². The Balaban J connectivity index is 2.38. The normalized spacial score (nSPS) is 11.0. The average molecular weight is 291 g/mol. The second-order valence-electron chi connectivity index (χ2n) is 4.92. The minimum atomic E-state index is 0.0106. The molecule has 0 radical (unpaired) electrons. The van der Waals surface area contributed by atoms with E-state index < -0.39 is 0 Å². The zero-order chi connectivity index (χ0) is 14.7. The number of fused-ring (bicyclic) bond motifs is 1. The van der Waals surface area contributed by atoms with Gasteiger partial charge in [-0.2, -0.15) is 0 Å². The molecule has 0 fully saturated rings. The summed E-state index contributed by atoms with van der Waals surface area (Å²) in [6.45, 7) is 8.85. The first-order valence-electron chi connectivity index (χ1n) is 7.13. The summed E-state index contributed by atoms with van der Waals surface area (Å²) in [7, 11) is 0. The molecule has 0 aromatic carbocycles. The van der Waals surface area contributed by atoms with E-state index in [2.05, 4.69) is 22.2 Å². The molecule has 2 rings (SSSR count). The summed E-state index contributed by atoms with van der Waals surface area (Å²) >= 11 is 1.47. The summed E-state index contributed by atoms with van der Waals surface area (Å²) in [6, 6.07) is 0. The van der Waals surface area contributed by atoms with Crippen molar-refractivity contribution in [2.75, 3.05) is 6.54 Å². The minimum Gasteiger partial charge on any atom is -0.351 e. The first-order valence-corrected chi connectivity index (χ1v) is 7.94. The van der Waals surface area contributed by atoms with Gasteiger partial charge in [0.05, 0.1) is 4.88 Å². The summed E-state index contributed by atoms with van der Waals surface area (Å²) in [5.74, 6) is 0.852. The highest BCUT2D eigenvalue weighted by Gasteiger charge is 2.18. The van der Waals surface area contributed by atoms with Gasteiger partial charge in [0.15, 0.2) is 0 Å². The summed E-state index contributed by atoms with van der Waals surface area (Å²) in [6.07, 6.45) is 2.90. The Morgan fingerprint density at radius 2 is 2.00 bits per heavy atom. The van der Waals surface area contributed by atoms with Crippen LogP contribution < -0.4 is 5.32 Å². The fraction of sp³-hybridized carbons (Fsp3) is 0.533. The van der Waals surface area contributed by atoms with Crippen molar-refractivity contribution < 1.29 is 4.79 Å². The minimum absolute atomic E-state index is 0.0106. The molecule has 0 aliphatic rings. The lowest BCUT2D eigenvalue weighted by Crippen LogP contribution is -2.23. The van der Waals surface area contributed by atoms with Gasteiger partial charge in [-0.3, -0.25) is 4.79 Å². The SMILES string of the molecule is CCCCNC(=O)c1sc2nc(CC)nc(C)c2c1C. The molecule has 0 bridgehead atoms. The predicted molar refractivity (Wildman–Crippen MR) is 83.5 cm³/mol. The summed E-state index contributed by atoms with van der Waals surface area (Å²) in [5.41, 5.74) is 1.97. The molecule has 0 saturated carbocycles. The van der Waals surface area contributed by atoms with E-state index in [1.54, 1.807) is 0 Å². The predicted octanol–water partition coefficient (Wildman–Crippen LogP) is 3.40. The van der Waals surface area contributed by atoms with Gasteiger partial charge in [0.2, 0.25) is 0 Å². The van der Waals surface area contributed by atoms with Crippen LogP contribution in [0, 0.1) is 13.8 Å². The number of hydrogen-bond donors (Lipinski definition) is 1. The van der Waals surface area contributed by atoms with E-state index in [4.69, 9.17) is 0 Å². The average Bonchev–Trinajstić information content (AvgIpc) is 2.76. The molecule has 0 atom stereocenters. The molecule has 108 valence electrons.